The van der Waals surface area contributed by atoms with Gasteiger partial charge >= 0.3 is 6.03 Å². The number of benzene rings is 2. The van der Waals surface area contributed by atoms with Crippen LogP contribution in [0.25, 0.3) is 16.9 Å². The second kappa shape index (κ2) is 9.23. The molecule has 0 aliphatic rings. The Morgan fingerprint density at radius 3 is 2.69 bits per heavy atom. The number of anilines is 2. The second-order valence-electron chi connectivity index (χ2n) is 7.01. The maximum atomic E-state index is 13.3. The smallest absolute Gasteiger partial charge is 0.319 e. The number of amides is 2. The van der Waals surface area contributed by atoms with Gasteiger partial charge in [0.25, 0.3) is 0 Å². The third-order valence-corrected chi connectivity index (χ3v) is 5.02. The van der Waals surface area contributed by atoms with Crippen molar-refractivity contribution in [3.8, 4) is 11.3 Å². The van der Waals surface area contributed by atoms with Gasteiger partial charge < -0.3 is 16.0 Å². The minimum Gasteiger partial charge on any atom is -0.368 e. The Kier molecular flexibility index (Phi) is 6.22. The summed E-state index contributed by atoms with van der Waals surface area (Å²) in [5, 5.41) is 13.3. The van der Waals surface area contributed by atoms with Crippen LogP contribution in [0.3, 0.4) is 0 Å². The molecule has 4 aromatic rings. The van der Waals surface area contributed by atoms with E-state index in [9.17, 15) is 13.6 Å². The third-order valence-electron chi connectivity index (χ3n) is 4.69. The van der Waals surface area contributed by atoms with Gasteiger partial charge in [0.2, 0.25) is 0 Å². The number of carbonyl (C=O) groups is 1. The number of nitrogens with zero attached hydrogens (tertiary/aromatic N) is 3. The van der Waals surface area contributed by atoms with Gasteiger partial charge in [0, 0.05) is 47.7 Å². The first-order valence-corrected chi connectivity index (χ1v) is 10.1. The standard InChI is InChI=1S/C21H18BClF2N6O/c22-14-11-28-31-19(10-18(30-20(14)31)13-3-1-2-4-15(13)23)26-7-8-27-21(32)29-12-5-6-16(24)17(25)9-12/h1-6,9-11,26H,7-8,22H2,(H2,27,29,32). The van der Waals surface area contributed by atoms with E-state index in [1.807, 2.05) is 32.1 Å². The monoisotopic (exact) mass is 454 g/mol. The van der Waals surface area contributed by atoms with Gasteiger partial charge in [-0.1, -0.05) is 29.8 Å². The molecule has 0 aliphatic carbocycles. The summed E-state index contributed by atoms with van der Waals surface area (Å²) in [4.78, 5) is 16.7. The minimum absolute atomic E-state index is 0.154. The fraction of sp³-hybridized carbons (Fsp3) is 0.0952. The Morgan fingerprint density at radius 1 is 1.09 bits per heavy atom. The zero-order chi connectivity index (χ0) is 22.7. The van der Waals surface area contributed by atoms with Crippen molar-refractivity contribution in [1.29, 1.82) is 0 Å². The Morgan fingerprint density at radius 2 is 1.91 bits per heavy atom. The van der Waals surface area contributed by atoms with Crippen LogP contribution in [0.2, 0.25) is 5.02 Å². The predicted molar refractivity (Wildman–Crippen MR) is 123 cm³/mol. The normalized spacial score (nSPS) is 10.8. The number of urea groups is 1. The summed E-state index contributed by atoms with van der Waals surface area (Å²) >= 11 is 6.34. The maximum absolute atomic E-state index is 13.3. The molecule has 2 aromatic heterocycles. The van der Waals surface area contributed by atoms with Crippen molar-refractivity contribution in [2.75, 3.05) is 23.7 Å². The number of carbonyl (C=O) groups excluding carboxylic acids is 1. The molecule has 0 radical (unpaired) electrons. The van der Waals surface area contributed by atoms with E-state index in [-0.39, 0.29) is 12.2 Å². The van der Waals surface area contributed by atoms with Gasteiger partial charge in [-0.25, -0.2) is 18.6 Å². The van der Waals surface area contributed by atoms with E-state index < -0.39 is 17.7 Å². The zero-order valence-electron chi connectivity index (χ0n) is 17.0. The van der Waals surface area contributed by atoms with Gasteiger partial charge in [0.15, 0.2) is 17.3 Å². The van der Waals surface area contributed by atoms with Crippen molar-refractivity contribution in [2.24, 2.45) is 0 Å². The summed E-state index contributed by atoms with van der Waals surface area (Å²) < 4.78 is 27.9. The lowest BCUT2D eigenvalue weighted by Gasteiger charge is -2.12. The van der Waals surface area contributed by atoms with Crippen LogP contribution in [0.4, 0.5) is 25.1 Å². The van der Waals surface area contributed by atoms with Crippen LogP contribution in [0, 0.1) is 11.6 Å². The van der Waals surface area contributed by atoms with E-state index in [2.05, 4.69) is 26.0 Å². The Hall–Kier alpha value is -3.66. The summed E-state index contributed by atoms with van der Waals surface area (Å²) in [7, 11) is 1.92. The van der Waals surface area contributed by atoms with E-state index in [4.69, 9.17) is 11.6 Å². The molecular formula is C21H18BClF2N6O. The van der Waals surface area contributed by atoms with Crippen LogP contribution in [0.5, 0.6) is 0 Å². The van der Waals surface area contributed by atoms with E-state index in [1.165, 1.54) is 6.07 Å². The molecule has 7 nitrogen and oxygen atoms in total. The molecule has 0 unspecified atom stereocenters. The highest BCUT2D eigenvalue weighted by atomic mass is 35.5. The molecule has 0 fully saturated rings. The molecule has 32 heavy (non-hydrogen) atoms. The first-order chi connectivity index (χ1) is 15.4. The number of aromatic nitrogens is 3. The minimum atomic E-state index is -1.03. The highest BCUT2D eigenvalue weighted by Crippen LogP contribution is 2.28. The molecule has 0 saturated heterocycles. The van der Waals surface area contributed by atoms with Gasteiger partial charge in [-0.15, -0.1) is 0 Å². The summed E-state index contributed by atoms with van der Waals surface area (Å²) in [6, 6.07) is 11.9. The van der Waals surface area contributed by atoms with Gasteiger partial charge in [0.05, 0.1) is 5.69 Å². The number of nitrogens with one attached hydrogen (secondary N) is 3. The van der Waals surface area contributed by atoms with Crippen LogP contribution < -0.4 is 21.4 Å². The van der Waals surface area contributed by atoms with E-state index in [0.717, 1.165) is 23.2 Å². The molecule has 0 spiro atoms. The SMILES string of the molecule is Bc1cnn2c(NCCNC(=O)Nc3ccc(F)c(F)c3)cc(-c3ccccc3Cl)nc12. The quantitative estimate of drug-likeness (QED) is 0.309. The molecule has 2 amide bonds. The van der Waals surface area contributed by atoms with Crippen LogP contribution >= 0.6 is 11.6 Å². The molecular weight excluding hydrogens is 437 g/mol. The Labute approximate surface area is 188 Å². The molecule has 162 valence electrons. The maximum Gasteiger partial charge on any atom is 0.319 e. The molecule has 0 bridgehead atoms. The van der Waals surface area contributed by atoms with E-state index >= 15 is 0 Å². The van der Waals surface area contributed by atoms with Crippen molar-refractivity contribution in [2.45, 2.75) is 0 Å². The van der Waals surface area contributed by atoms with Crippen LogP contribution in [0.15, 0.2) is 54.7 Å². The average molecular weight is 455 g/mol. The van der Waals surface area contributed by atoms with Crippen molar-refractivity contribution < 1.29 is 13.6 Å². The van der Waals surface area contributed by atoms with Crippen LogP contribution in [-0.2, 0) is 0 Å². The van der Waals surface area contributed by atoms with Crippen molar-refractivity contribution in [3.63, 3.8) is 0 Å². The van der Waals surface area contributed by atoms with Gasteiger partial charge in [-0.3, -0.25) is 0 Å². The zero-order valence-corrected chi connectivity index (χ0v) is 17.8. The average Bonchev–Trinajstić information content (AvgIpc) is 3.15. The molecule has 11 heteroatoms. The summed E-state index contributed by atoms with van der Waals surface area (Å²) in [6.45, 7) is 0.645. The largest absolute Gasteiger partial charge is 0.368 e. The Bertz CT molecular complexity index is 1300. The van der Waals surface area contributed by atoms with Crippen molar-refractivity contribution in [1.82, 2.24) is 19.9 Å². The number of halogens is 3. The topological polar surface area (TPSA) is 83.3 Å². The summed E-state index contributed by atoms with van der Waals surface area (Å²) in [5.74, 6) is -1.33. The van der Waals surface area contributed by atoms with E-state index in [0.29, 0.717) is 28.7 Å². The fourth-order valence-corrected chi connectivity index (χ4v) is 3.35. The number of hydrogen-bond acceptors (Lipinski definition) is 4. The lowest BCUT2D eigenvalue weighted by molar-refractivity contribution is 0.252. The van der Waals surface area contributed by atoms with Gasteiger partial charge in [-0.05, 0) is 23.7 Å². The predicted octanol–water partition coefficient (Wildman–Crippen LogP) is 2.82. The highest BCUT2D eigenvalue weighted by Gasteiger charge is 2.12. The second-order valence-corrected chi connectivity index (χ2v) is 7.41. The molecule has 2 heterocycles. The lowest BCUT2D eigenvalue weighted by atomic mass is 10.0. The van der Waals surface area contributed by atoms with Crippen LogP contribution in [0.1, 0.15) is 0 Å². The van der Waals surface area contributed by atoms with Gasteiger partial charge in [-0.2, -0.15) is 9.61 Å². The van der Waals surface area contributed by atoms with Gasteiger partial charge in [0.1, 0.15) is 13.7 Å². The number of hydrogen-bond donors (Lipinski definition) is 3. The molecule has 0 atom stereocenters. The Balaban J connectivity index is 1.43. The third kappa shape index (κ3) is 4.65. The number of fused-ring (bicyclic) bond motifs is 1. The molecule has 0 saturated carbocycles. The molecule has 3 N–H and O–H groups in total. The fourth-order valence-electron chi connectivity index (χ4n) is 3.12. The van der Waals surface area contributed by atoms with E-state index in [1.54, 1.807) is 16.8 Å². The summed E-state index contributed by atoms with van der Waals surface area (Å²) in [6.07, 6.45) is 1.72. The molecule has 0 aliphatic heterocycles. The van der Waals surface area contributed by atoms with Crippen molar-refractivity contribution >= 4 is 48.1 Å². The first kappa shape index (κ1) is 21.6. The first-order valence-electron chi connectivity index (χ1n) is 9.76. The highest BCUT2D eigenvalue weighted by molar-refractivity contribution is 6.36. The molecule has 4 rings (SSSR count). The van der Waals surface area contributed by atoms with Crippen LogP contribution in [-0.4, -0.2) is 41.6 Å². The summed E-state index contributed by atoms with van der Waals surface area (Å²) in [5.41, 5.74) is 3.24. The molecule has 2 aromatic carbocycles. The lowest BCUT2D eigenvalue weighted by Crippen LogP contribution is -2.32. The number of rotatable bonds is 6. The van der Waals surface area contributed by atoms with Crippen molar-refractivity contribution in [3.05, 3.63) is 71.4 Å².